The molecule has 0 saturated heterocycles. The van der Waals surface area contributed by atoms with Crippen LogP contribution in [-0.4, -0.2) is 44.1 Å². The van der Waals surface area contributed by atoms with Crippen LogP contribution in [0.5, 0.6) is 5.75 Å². The van der Waals surface area contributed by atoms with E-state index in [-0.39, 0.29) is 11.8 Å². The van der Waals surface area contributed by atoms with Gasteiger partial charge < -0.3 is 19.7 Å². The number of rotatable bonds is 9. The maximum atomic E-state index is 12.8. The molecule has 6 heteroatoms. The zero-order chi connectivity index (χ0) is 22.1. The lowest BCUT2D eigenvalue weighted by molar-refractivity contribution is 0.0784. The predicted molar refractivity (Wildman–Crippen MR) is 120 cm³/mol. The third-order valence-corrected chi connectivity index (χ3v) is 4.65. The maximum Gasteiger partial charge on any atom is 0.259 e. The molecule has 0 spiro atoms. The molecule has 0 aliphatic rings. The normalized spacial score (nSPS) is 10.4. The van der Waals surface area contributed by atoms with Gasteiger partial charge in [0.25, 0.3) is 11.8 Å². The van der Waals surface area contributed by atoms with Crippen molar-refractivity contribution >= 4 is 17.5 Å². The highest BCUT2D eigenvalue weighted by Crippen LogP contribution is 2.21. The first kappa shape index (κ1) is 22.1. The minimum atomic E-state index is -0.310. The number of nitrogens with zero attached hydrogens (tertiary/aromatic N) is 1. The molecule has 2 amide bonds. The van der Waals surface area contributed by atoms with Crippen LogP contribution in [0.4, 0.5) is 5.69 Å². The number of ether oxygens (including phenoxy) is 2. The van der Waals surface area contributed by atoms with Crippen LogP contribution in [0.1, 0.15) is 26.3 Å². The molecule has 0 saturated carbocycles. The van der Waals surface area contributed by atoms with Crippen molar-refractivity contribution in [2.24, 2.45) is 0 Å². The Bertz CT molecular complexity index is 1020. The molecule has 160 valence electrons. The van der Waals surface area contributed by atoms with Gasteiger partial charge in [-0.1, -0.05) is 48.5 Å². The van der Waals surface area contributed by atoms with Crippen molar-refractivity contribution in [3.05, 3.63) is 95.6 Å². The predicted octanol–water partition coefficient (Wildman–Crippen LogP) is 4.24. The molecule has 0 fully saturated rings. The molecule has 3 rings (SSSR count). The van der Waals surface area contributed by atoms with Crippen molar-refractivity contribution in [1.29, 1.82) is 0 Å². The number of hydrogen-bond acceptors (Lipinski definition) is 4. The van der Waals surface area contributed by atoms with Gasteiger partial charge >= 0.3 is 0 Å². The van der Waals surface area contributed by atoms with Gasteiger partial charge in [-0.05, 0) is 35.9 Å². The molecule has 0 aliphatic heterocycles. The van der Waals surface area contributed by atoms with Crippen molar-refractivity contribution in [3.63, 3.8) is 0 Å². The first-order chi connectivity index (χ1) is 15.1. The number of nitrogens with one attached hydrogen (secondary N) is 1. The fourth-order valence-electron chi connectivity index (χ4n) is 3.09. The lowest BCUT2D eigenvalue weighted by Gasteiger charge is -2.18. The number of benzene rings is 3. The van der Waals surface area contributed by atoms with E-state index in [4.69, 9.17) is 9.47 Å². The lowest BCUT2D eigenvalue weighted by Crippen LogP contribution is -2.26. The molecule has 0 aliphatic carbocycles. The SMILES string of the molecule is COCCOc1ccccc1C(=O)Nc1cccc(C(=O)N(C)Cc2ccccc2)c1. The average molecular weight is 418 g/mol. The van der Waals surface area contributed by atoms with Gasteiger partial charge in [0, 0.05) is 32.0 Å². The van der Waals surface area contributed by atoms with Crippen LogP contribution in [0.2, 0.25) is 0 Å². The molecule has 0 bridgehead atoms. The van der Waals surface area contributed by atoms with Crippen LogP contribution in [0.3, 0.4) is 0 Å². The van der Waals surface area contributed by atoms with E-state index in [1.807, 2.05) is 30.3 Å². The van der Waals surface area contributed by atoms with Crippen molar-refractivity contribution in [2.75, 3.05) is 32.7 Å². The summed E-state index contributed by atoms with van der Waals surface area (Å²) in [4.78, 5) is 27.3. The first-order valence-electron chi connectivity index (χ1n) is 10.00. The van der Waals surface area contributed by atoms with E-state index in [1.165, 1.54) is 0 Å². The molecule has 0 aromatic heterocycles. The molecule has 0 unspecified atom stereocenters. The van der Waals surface area contributed by atoms with E-state index in [2.05, 4.69) is 5.32 Å². The number of carbonyl (C=O) groups excluding carboxylic acids is 2. The van der Waals surface area contributed by atoms with E-state index >= 15 is 0 Å². The zero-order valence-electron chi connectivity index (χ0n) is 17.7. The standard InChI is InChI=1S/C25H26N2O4/c1-27(18-19-9-4-3-5-10-19)25(29)20-11-8-12-21(17-20)26-24(28)22-13-6-7-14-23(22)31-16-15-30-2/h3-14,17H,15-16,18H2,1-2H3,(H,26,28). The van der Waals surface area contributed by atoms with E-state index in [0.717, 1.165) is 5.56 Å². The molecular weight excluding hydrogens is 392 g/mol. The highest BCUT2D eigenvalue weighted by atomic mass is 16.5. The molecule has 0 radical (unpaired) electrons. The summed E-state index contributed by atoms with van der Waals surface area (Å²) >= 11 is 0. The molecule has 3 aromatic rings. The van der Waals surface area contributed by atoms with Crippen LogP contribution >= 0.6 is 0 Å². The van der Waals surface area contributed by atoms with E-state index in [1.54, 1.807) is 67.6 Å². The van der Waals surface area contributed by atoms with E-state index < -0.39 is 0 Å². The fraction of sp³-hybridized carbons (Fsp3) is 0.200. The van der Waals surface area contributed by atoms with Gasteiger partial charge in [0.15, 0.2) is 0 Å². The van der Waals surface area contributed by atoms with Gasteiger partial charge in [-0.2, -0.15) is 0 Å². The van der Waals surface area contributed by atoms with Gasteiger partial charge in [-0.3, -0.25) is 9.59 Å². The highest BCUT2D eigenvalue weighted by molar-refractivity contribution is 6.06. The second kappa shape index (κ2) is 10.9. The van der Waals surface area contributed by atoms with Crippen molar-refractivity contribution in [3.8, 4) is 5.75 Å². The molecule has 1 N–H and O–H groups in total. The smallest absolute Gasteiger partial charge is 0.259 e. The van der Waals surface area contributed by atoms with Gasteiger partial charge in [0.1, 0.15) is 12.4 Å². The summed E-state index contributed by atoms with van der Waals surface area (Å²) < 4.78 is 10.6. The average Bonchev–Trinajstić information content (AvgIpc) is 2.80. The molecule has 0 heterocycles. The lowest BCUT2D eigenvalue weighted by atomic mass is 10.1. The van der Waals surface area contributed by atoms with Gasteiger partial charge in [0.2, 0.25) is 0 Å². The van der Waals surface area contributed by atoms with Crippen molar-refractivity contribution in [1.82, 2.24) is 4.90 Å². The molecular formula is C25H26N2O4. The minimum Gasteiger partial charge on any atom is -0.490 e. The second-order valence-electron chi connectivity index (χ2n) is 7.02. The number of anilines is 1. The summed E-state index contributed by atoms with van der Waals surface area (Å²) in [6.45, 7) is 1.28. The third kappa shape index (κ3) is 6.17. The Balaban J connectivity index is 1.69. The van der Waals surface area contributed by atoms with Crippen LogP contribution < -0.4 is 10.1 Å². The summed E-state index contributed by atoms with van der Waals surface area (Å²) in [6.07, 6.45) is 0. The molecule has 3 aromatic carbocycles. The Kier molecular flexibility index (Phi) is 7.79. The highest BCUT2D eigenvalue weighted by Gasteiger charge is 2.15. The molecule has 6 nitrogen and oxygen atoms in total. The quantitative estimate of drug-likeness (QED) is 0.528. The largest absolute Gasteiger partial charge is 0.490 e. The Labute approximate surface area is 182 Å². The van der Waals surface area contributed by atoms with Gasteiger partial charge in [-0.15, -0.1) is 0 Å². The zero-order valence-corrected chi connectivity index (χ0v) is 17.7. The Morgan fingerprint density at radius 1 is 0.903 bits per heavy atom. The number of carbonyl (C=O) groups is 2. The van der Waals surface area contributed by atoms with Crippen molar-refractivity contribution in [2.45, 2.75) is 6.54 Å². The second-order valence-corrected chi connectivity index (χ2v) is 7.02. The van der Waals surface area contributed by atoms with Crippen LogP contribution in [-0.2, 0) is 11.3 Å². The number of hydrogen-bond donors (Lipinski definition) is 1. The Morgan fingerprint density at radius 2 is 1.65 bits per heavy atom. The van der Waals surface area contributed by atoms with Crippen molar-refractivity contribution < 1.29 is 19.1 Å². The number of amides is 2. The van der Waals surface area contributed by atoms with Gasteiger partial charge in [0.05, 0.1) is 12.2 Å². The number of methoxy groups -OCH3 is 1. The van der Waals surface area contributed by atoms with Crippen LogP contribution in [0.25, 0.3) is 0 Å². The minimum absolute atomic E-state index is 0.122. The fourth-order valence-corrected chi connectivity index (χ4v) is 3.09. The van der Waals surface area contributed by atoms with Crippen LogP contribution in [0.15, 0.2) is 78.9 Å². The maximum absolute atomic E-state index is 12.8. The van der Waals surface area contributed by atoms with Gasteiger partial charge in [-0.25, -0.2) is 0 Å². The Morgan fingerprint density at radius 3 is 2.42 bits per heavy atom. The van der Waals surface area contributed by atoms with E-state index in [9.17, 15) is 9.59 Å². The summed E-state index contributed by atoms with van der Waals surface area (Å²) in [5.41, 5.74) is 2.50. The topological polar surface area (TPSA) is 67.9 Å². The monoisotopic (exact) mass is 418 g/mol. The summed E-state index contributed by atoms with van der Waals surface area (Å²) in [6, 6.07) is 23.7. The van der Waals surface area contributed by atoms with E-state index in [0.29, 0.717) is 42.3 Å². The van der Waals surface area contributed by atoms with Crippen LogP contribution in [0, 0.1) is 0 Å². The molecule has 0 atom stereocenters. The first-order valence-corrected chi connectivity index (χ1v) is 10.00. The summed E-state index contributed by atoms with van der Waals surface area (Å²) in [5.74, 6) is 0.0467. The Hall–Kier alpha value is -3.64. The third-order valence-electron chi connectivity index (χ3n) is 4.65. The summed E-state index contributed by atoms with van der Waals surface area (Å²) in [7, 11) is 3.35. The number of para-hydroxylation sites is 1. The summed E-state index contributed by atoms with van der Waals surface area (Å²) in [5, 5.41) is 2.85. The molecule has 31 heavy (non-hydrogen) atoms.